The number of pyridine rings is 1. The Morgan fingerprint density at radius 3 is 2.59 bits per heavy atom. The van der Waals surface area contributed by atoms with Crippen LogP contribution in [0.2, 0.25) is 0 Å². The molecule has 0 unspecified atom stereocenters. The summed E-state index contributed by atoms with van der Waals surface area (Å²) >= 11 is 4.97. The molecule has 0 bridgehead atoms. The van der Waals surface area contributed by atoms with Gasteiger partial charge in [-0.05, 0) is 29.8 Å². The second-order valence-electron chi connectivity index (χ2n) is 3.50. The zero-order chi connectivity index (χ0) is 12.1. The first kappa shape index (κ1) is 11.5. The molecule has 0 radical (unpaired) electrons. The van der Waals surface area contributed by atoms with Crippen molar-refractivity contribution in [3.8, 4) is 5.75 Å². The highest BCUT2D eigenvalue weighted by atomic mass is 32.1. The van der Waals surface area contributed by atoms with Gasteiger partial charge in [0.25, 0.3) is 0 Å². The maximum absolute atomic E-state index is 5.69. The fraction of sp³-hybridized carbons (Fsp3) is 0.0769. The van der Waals surface area contributed by atoms with E-state index < -0.39 is 0 Å². The Morgan fingerprint density at radius 2 is 1.88 bits per heavy atom. The van der Waals surface area contributed by atoms with Gasteiger partial charge in [0.1, 0.15) is 17.3 Å². The van der Waals surface area contributed by atoms with E-state index in [-0.39, 0.29) is 0 Å². The topological polar surface area (TPSA) is 48.1 Å². The van der Waals surface area contributed by atoms with Crippen molar-refractivity contribution < 1.29 is 4.74 Å². The minimum Gasteiger partial charge on any atom is -0.488 e. The summed E-state index contributed by atoms with van der Waals surface area (Å²) < 4.78 is 5.69. The monoisotopic (exact) mass is 244 g/mol. The molecule has 0 saturated heterocycles. The first-order valence-corrected chi connectivity index (χ1v) is 5.59. The van der Waals surface area contributed by atoms with Crippen LogP contribution in [0.1, 0.15) is 11.1 Å². The summed E-state index contributed by atoms with van der Waals surface area (Å²) in [5, 5.41) is 0. The van der Waals surface area contributed by atoms with Crippen LogP contribution in [-0.4, -0.2) is 9.97 Å². The number of thiocarbonyl (C=S) groups is 1. The van der Waals surface area contributed by atoms with Crippen LogP contribution in [0.15, 0.2) is 48.8 Å². The molecule has 0 aliphatic rings. The molecule has 0 aliphatic carbocycles. The Bertz CT molecular complexity index is 514. The van der Waals surface area contributed by atoms with Gasteiger partial charge in [-0.3, -0.25) is 4.98 Å². The number of rotatable bonds is 4. The Balaban J connectivity index is 2.12. The van der Waals surface area contributed by atoms with Gasteiger partial charge in [-0.2, -0.15) is 0 Å². The molecular weight excluding hydrogens is 232 g/mol. The Hall–Kier alpha value is -1.94. The van der Waals surface area contributed by atoms with Gasteiger partial charge in [0.2, 0.25) is 0 Å². The van der Waals surface area contributed by atoms with Crippen LogP contribution in [0.4, 0.5) is 0 Å². The smallest absolute Gasteiger partial charge is 0.129 e. The van der Waals surface area contributed by atoms with E-state index in [1.54, 1.807) is 12.4 Å². The summed E-state index contributed by atoms with van der Waals surface area (Å²) in [4.78, 5) is 4.29. The van der Waals surface area contributed by atoms with E-state index >= 15 is 0 Å². The van der Waals surface area contributed by atoms with E-state index in [0.29, 0.717) is 17.3 Å². The minimum atomic E-state index is 0.343. The number of hydrogen-bond donors (Lipinski definition) is 1. The van der Waals surface area contributed by atoms with E-state index in [9.17, 15) is 0 Å². The molecule has 1 heterocycles. The minimum absolute atomic E-state index is 0.343. The number of para-hydroxylation sites is 1. The van der Waals surface area contributed by atoms with E-state index in [0.717, 1.165) is 11.1 Å². The maximum Gasteiger partial charge on any atom is 0.129 e. The average Bonchev–Trinajstić information content (AvgIpc) is 2.38. The van der Waals surface area contributed by atoms with Gasteiger partial charge in [0, 0.05) is 12.4 Å². The van der Waals surface area contributed by atoms with Crippen LogP contribution in [0.25, 0.3) is 0 Å². The lowest BCUT2D eigenvalue weighted by molar-refractivity contribution is 0.305. The number of nitrogens with zero attached hydrogens (tertiary/aromatic N) is 1. The number of aromatic nitrogens is 1. The van der Waals surface area contributed by atoms with Crippen molar-refractivity contribution in [3.05, 3.63) is 59.9 Å². The molecule has 86 valence electrons. The summed E-state index contributed by atoms with van der Waals surface area (Å²) in [6.07, 6.45) is 3.47. The molecule has 0 spiro atoms. The van der Waals surface area contributed by atoms with Crippen LogP contribution in [0.3, 0.4) is 0 Å². The van der Waals surface area contributed by atoms with Gasteiger partial charge in [0.05, 0.1) is 5.56 Å². The summed E-state index contributed by atoms with van der Waals surface area (Å²) in [7, 11) is 0. The van der Waals surface area contributed by atoms with Crippen molar-refractivity contribution in [2.24, 2.45) is 5.73 Å². The van der Waals surface area contributed by atoms with Crippen molar-refractivity contribution >= 4 is 17.2 Å². The van der Waals surface area contributed by atoms with Crippen LogP contribution < -0.4 is 10.5 Å². The molecule has 1 aromatic carbocycles. The Kier molecular flexibility index (Phi) is 3.67. The highest BCUT2D eigenvalue weighted by molar-refractivity contribution is 7.80. The zero-order valence-electron chi connectivity index (χ0n) is 9.17. The molecule has 0 aliphatic heterocycles. The Labute approximate surface area is 105 Å². The maximum atomic E-state index is 5.69. The summed E-state index contributed by atoms with van der Waals surface area (Å²) in [6, 6.07) is 11.3. The lowest BCUT2D eigenvalue weighted by Gasteiger charge is -2.10. The molecule has 2 rings (SSSR count). The molecule has 4 heteroatoms. The first-order valence-electron chi connectivity index (χ1n) is 5.18. The van der Waals surface area contributed by atoms with Gasteiger partial charge in [-0.1, -0.05) is 24.4 Å². The molecule has 2 aromatic rings. The Morgan fingerprint density at radius 1 is 1.18 bits per heavy atom. The van der Waals surface area contributed by atoms with Crippen LogP contribution in [-0.2, 0) is 6.61 Å². The van der Waals surface area contributed by atoms with Crippen molar-refractivity contribution in [2.75, 3.05) is 0 Å². The van der Waals surface area contributed by atoms with Gasteiger partial charge in [-0.25, -0.2) is 0 Å². The van der Waals surface area contributed by atoms with E-state index in [4.69, 9.17) is 22.7 Å². The normalized spacial score (nSPS) is 9.88. The summed E-state index contributed by atoms with van der Waals surface area (Å²) in [5.41, 5.74) is 7.44. The van der Waals surface area contributed by atoms with Gasteiger partial charge in [-0.15, -0.1) is 0 Å². The summed E-state index contributed by atoms with van der Waals surface area (Å²) in [5.74, 6) is 0.705. The number of hydrogen-bond acceptors (Lipinski definition) is 3. The fourth-order valence-corrected chi connectivity index (χ4v) is 1.60. The molecule has 2 N–H and O–H groups in total. The quantitative estimate of drug-likeness (QED) is 0.838. The van der Waals surface area contributed by atoms with Crippen molar-refractivity contribution in [3.63, 3.8) is 0 Å². The molecule has 0 fully saturated rings. The molecule has 3 nitrogen and oxygen atoms in total. The largest absolute Gasteiger partial charge is 0.488 e. The van der Waals surface area contributed by atoms with Crippen molar-refractivity contribution in [1.29, 1.82) is 0 Å². The fourth-order valence-electron chi connectivity index (χ4n) is 1.44. The van der Waals surface area contributed by atoms with E-state index in [1.807, 2.05) is 36.4 Å². The second kappa shape index (κ2) is 5.41. The van der Waals surface area contributed by atoms with Crippen LogP contribution in [0.5, 0.6) is 5.75 Å². The third-order valence-corrected chi connectivity index (χ3v) is 2.52. The zero-order valence-corrected chi connectivity index (χ0v) is 9.98. The standard InChI is InChI=1S/C13H12N2OS/c14-13(17)11-3-1-2-4-12(11)16-9-10-5-7-15-8-6-10/h1-8H,9H2,(H2,14,17). The lowest BCUT2D eigenvalue weighted by Crippen LogP contribution is -2.11. The first-order chi connectivity index (χ1) is 8.27. The van der Waals surface area contributed by atoms with Crippen molar-refractivity contribution in [2.45, 2.75) is 6.61 Å². The van der Waals surface area contributed by atoms with E-state index in [2.05, 4.69) is 4.98 Å². The second-order valence-corrected chi connectivity index (χ2v) is 3.94. The molecular formula is C13H12N2OS. The molecule has 0 amide bonds. The van der Waals surface area contributed by atoms with Gasteiger partial charge < -0.3 is 10.5 Å². The van der Waals surface area contributed by atoms with Gasteiger partial charge >= 0.3 is 0 Å². The third-order valence-electron chi connectivity index (χ3n) is 2.30. The number of ether oxygens (including phenoxy) is 1. The molecule has 1 aromatic heterocycles. The highest BCUT2D eigenvalue weighted by Crippen LogP contribution is 2.18. The molecule has 0 saturated carbocycles. The lowest BCUT2D eigenvalue weighted by atomic mass is 10.2. The van der Waals surface area contributed by atoms with Crippen LogP contribution in [0, 0.1) is 0 Å². The third kappa shape index (κ3) is 3.01. The molecule has 0 atom stereocenters. The SMILES string of the molecule is NC(=S)c1ccccc1OCc1ccncc1. The average molecular weight is 244 g/mol. The summed E-state index contributed by atoms with van der Waals surface area (Å²) in [6.45, 7) is 0.474. The molecule has 17 heavy (non-hydrogen) atoms. The number of nitrogens with two attached hydrogens (primary N) is 1. The predicted octanol–water partition coefficient (Wildman–Crippen LogP) is 2.29. The predicted molar refractivity (Wildman–Crippen MR) is 70.9 cm³/mol. The number of benzene rings is 1. The highest BCUT2D eigenvalue weighted by Gasteiger charge is 2.05. The van der Waals surface area contributed by atoms with Crippen molar-refractivity contribution in [1.82, 2.24) is 4.98 Å². The van der Waals surface area contributed by atoms with Crippen LogP contribution >= 0.6 is 12.2 Å². The van der Waals surface area contributed by atoms with E-state index in [1.165, 1.54) is 0 Å². The van der Waals surface area contributed by atoms with Gasteiger partial charge in [0.15, 0.2) is 0 Å².